The number of nitrogens with two attached hydrogens (primary N) is 1. The second-order valence-corrected chi connectivity index (χ2v) is 5.76. The van der Waals surface area contributed by atoms with Gasteiger partial charge in [-0.3, -0.25) is 0 Å². The van der Waals surface area contributed by atoms with Crippen molar-refractivity contribution < 1.29 is 4.74 Å². The van der Waals surface area contributed by atoms with Gasteiger partial charge < -0.3 is 15.8 Å². The van der Waals surface area contributed by atoms with Crippen LogP contribution in [0.25, 0.3) is 0 Å². The monoisotopic (exact) mass is 317 g/mol. The van der Waals surface area contributed by atoms with E-state index in [-0.39, 0.29) is 6.10 Å². The molecule has 0 saturated carbocycles. The first-order chi connectivity index (χ1) is 8.25. The molecular formula is C11H16BrN3OS. The smallest absolute Gasteiger partial charge is 0.189 e. The molecule has 2 heterocycles. The van der Waals surface area contributed by atoms with Gasteiger partial charge in [0.05, 0.1) is 12.6 Å². The van der Waals surface area contributed by atoms with Crippen LogP contribution in [0.2, 0.25) is 0 Å². The SMILES string of the molecule is NC(=NCc1sccc1Br)NCC1CCCO1. The Morgan fingerprint density at radius 3 is 3.24 bits per heavy atom. The molecule has 0 aromatic carbocycles. The molecule has 0 aliphatic carbocycles. The summed E-state index contributed by atoms with van der Waals surface area (Å²) in [6, 6.07) is 2.02. The first-order valence-electron chi connectivity index (χ1n) is 5.63. The molecule has 1 aliphatic rings. The van der Waals surface area contributed by atoms with E-state index in [0.717, 1.165) is 30.5 Å². The summed E-state index contributed by atoms with van der Waals surface area (Å²) in [7, 11) is 0. The van der Waals surface area contributed by atoms with E-state index in [2.05, 4.69) is 26.2 Å². The van der Waals surface area contributed by atoms with Crippen molar-refractivity contribution in [3.05, 3.63) is 20.8 Å². The highest BCUT2D eigenvalue weighted by Crippen LogP contribution is 2.23. The van der Waals surface area contributed by atoms with Gasteiger partial charge in [0.1, 0.15) is 0 Å². The van der Waals surface area contributed by atoms with Crippen molar-refractivity contribution in [1.29, 1.82) is 0 Å². The lowest BCUT2D eigenvalue weighted by Crippen LogP contribution is -2.37. The standard InChI is InChI=1S/C11H16BrN3OS/c12-9-3-5-17-10(9)7-15-11(13)14-6-8-2-1-4-16-8/h3,5,8H,1-2,4,6-7H2,(H3,13,14,15). The molecule has 94 valence electrons. The van der Waals surface area contributed by atoms with Gasteiger partial charge in [0.25, 0.3) is 0 Å². The van der Waals surface area contributed by atoms with Gasteiger partial charge >= 0.3 is 0 Å². The van der Waals surface area contributed by atoms with Crippen LogP contribution in [0.15, 0.2) is 20.9 Å². The van der Waals surface area contributed by atoms with Crippen molar-refractivity contribution in [1.82, 2.24) is 5.32 Å². The van der Waals surface area contributed by atoms with Gasteiger partial charge in [-0.25, -0.2) is 4.99 Å². The van der Waals surface area contributed by atoms with Crippen LogP contribution in [0.4, 0.5) is 0 Å². The summed E-state index contributed by atoms with van der Waals surface area (Å²) in [5, 5.41) is 5.13. The zero-order chi connectivity index (χ0) is 12.1. The number of nitrogens with zero attached hydrogens (tertiary/aromatic N) is 1. The lowest BCUT2D eigenvalue weighted by molar-refractivity contribution is 0.114. The van der Waals surface area contributed by atoms with Crippen molar-refractivity contribution in [2.24, 2.45) is 10.7 Å². The molecule has 1 aliphatic heterocycles. The molecule has 0 spiro atoms. The van der Waals surface area contributed by atoms with Crippen LogP contribution in [-0.4, -0.2) is 25.2 Å². The Labute approximate surface area is 113 Å². The predicted molar refractivity (Wildman–Crippen MR) is 74.3 cm³/mol. The van der Waals surface area contributed by atoms with E-state index in [0.29, 0.717) is 12.5 Å². The summed E-state index contributed by atoms with van der Waals surface area (Å²) in [6.45, 7) is 2.23. The maximum atomic E-state index is 5.79. The zero-order valence-corrected chi connectivity index (χ0v) is 11.9. The molecule has 17 heavy (non-hydrogen) atoms. The molecule has 0 radical (unpaired) electrons. The minimum atomic E-state index is 0.289. The number of hydrogen-bond donors (Lipinski definition) is 2. The van der Waals surface area contributed by atoms with Gasteiger partial charge in [0.2, 0.25) is 0 Å². The van der Waals surface area contributed by atoms with Crippen molar-refractivity contribution >= 4 is 33.2 Å². The van der Waals surface area contributed by atoms with E-state index >= 15 is 0 Å². The van der Waals surface area contributed by atoms with Crippen molar-refractivity contribution in [3.8, 4) is 0 Å². The molecule has 1 saturated heterocycles. The Kier molecular flexibility index (Phi) is 4.82. The normalized spacial score (nSPS) is 20.8. The fourth-order valence-electron chi connectivity index (χ4n) is 1.67. The minimum absolute atomic E-state index is 0.289. The lowest BCUT2D eigenvalue weighted by atomic mass is 10.2. The van der Waals surface area contributed by atoms with E-state index in [1.165, 1.54) is 4.88 Å². The molecule has 3 N–H and O–H groups in total. The number of rotatable bonds is 4. The van der Waals surface area contributed by atoms with Crippen LogP contribution in [-0.2, 0) is 11.3 Å². The molecule has 1 atom stereocenters. The topological polar surface area (TPSA) is 59.6 Å². The van der Waals surface area contributed by atoms with E-state index in [9.17, 15) is 0 Å². The minimum Gasteiger partial charge on any atom is -0.376 e. The average molecular weight is 318 g/mol. The maximum Gasteiger partial charge on any atom is 0.189 e. The zero-order valence-electron chi connectivity index (χ0n) is 9.49. The fourth-order valence-corrected chi connectivity index (χ4v) is 3.08. The molecule has 1 fully saturated rings. The Bertz CT molecular complexity index is 388. The molecule has 1 aromatic rings. The highest BCUT2D eigenvalue weighted by Gasteiger charge is 2.14. The van der Waals surface area contributed by atoms with Crippen LogP contribution in [0.3, 0.4) is 0 Å². The average Bonchev–Trinajstić information content (AvgIpc) is 2.95. The summed E-state index contributed by atoms with van der Waals surface area (Å²) in [6.07, 6.45) is 2.54. The van der Waals surface area contributed by atoms with Crippen LogP contribution in [0.1, 0.15) is 17.7 Å². The Balaban J connectivity index is 1.75. The molecule has 6 heteroatoms. The fraction of sp³-hybridized carbons (Fsp3) is 0.545. The number of thiophene rings is 1. The van der Waals surface area contributed by atoms with E-state index in [1.807, 2.05) is 11.4 Å². The highest BCUT2D eigenvalue weighted by molar-refractivity contribution is 9.10. The molecule has 0 bridgehead atoms. The summed E-state index contributed by atoms with van der Waals surface area (Å²) in [4.78, 5) is 5.48. The molecule has 0 amide bonds. The predicted octanol–water partition coefficient (Wildman–Crippen LogP) is 2.09. The third-order valence-electron chi connectivity index (χ3n) is 2.62. The third-order valence-corrected chi connectivity index (χ3v) is 4.53. The van der Waals surface area contributed by atoms with Crippen molar-refractivity contribution in [2.45, 2.75) is 25.5 Å². The summed E-state index contributed by atoms with van der Waals surface area (Å²) >= 11 is 5.14. The van der Waals surface area contributed by atoms with Gasteiger partial charge in [-0.15, -0.1) is 11.3 Å². The van der Waals surface area contributed by atoms with Gasteiger partial charge in [-0.2, -0.15) is 0 Å². The molecular weight excluding hydrogens is 302 g/mol. The largest absolute Gasteiger partial charge is 0.376 e. The molecule has 1 aromatic heterocycles. The highest BCUT2D eigenvalue weighted by atomic mass is 79.9. The van der Waals surface area contributed by atoms with E-state index < -0.39 is 0 Å². The van der Waals surface area contributed by atoms with Gasteiger partial charge in [0, 0.05) is 22.5 Å². The van der Waals surface area contributed by atoms with Crippen LogP contribution < -0.4 is 11.1 Å². The first kappa shape index (κ1) is 12.9. The first-order valence-corrected chi connectivity index (χ1v) is 7.30. The summed E-state index contributed by atoms with van der Waals surface area (Å²) < 4.78 is 6.59. The quantitative estimate of drug-likeness (QED) is 0.660. The number of ether oxygens (including phenoxy) is 1. The summed E-state index contributed by atoms with van der Waals surface area (Å²) in [5.74, 6) is 0.487. The van der Waals surface area contributed by atoms with Crippen molar-refractivity contribution in [2.75, 3.05) is 13.2 Å². The number of nitrogens with one attached hydrogen (secondary N) is 1. The van der Waals surface area contributed by atoms with Gasteiger partial charge in [-0.05, 0) is 40.2 Å². The van der Waals surface area contributed by atoms with Gasteiger partial charge in [-0.1, -0.05) is 0 Å². The van der Waals surface area contributed by atoms with Crippen LogP contribution in [0, 0.1) is 0 Å². The van der Waals surface area contributed by atoms with Gasteiger partial charge in [0.15, 0.2) is 5.96 Å². The van der Waals surface area contributed by atoms with Crippen molar-refractivity contribution in [3.63, 3.8) is 0 Å². The molecule has 1 unspecified atom stereocenters. The Morgan fingerprint density at radius 1 is 1.71 bits per heavy atom. The maximum absolute atomic E-state index is 5.79. The second kappa shape index (κ2) is 6.37. The van der Waals surface area contributed by atoms with E-state index in [4.69, 9.17) is 10.5 Å². The number of halogens is 1. The number of aliphatic imine (C=N–C) groups is 1. The Hall–Kier alpha value is -0.590. The molecule has 2 rings (SSSR count). The Morgan fingerprint density at radius 2 is 2.59 bits per heavy atom. The van der Waals surface area contributed by atoms with E-state index in [1.54, 1.807) is 11.3 Å². The second-order valence-electron chi connectivity index (χ2n) is 3.91. The molecule has 4 nitrogen and oxygen atoms in total. The third kappa shape index (κ3) is 3.97. The summed E-state index contributed by atoms with van der Waals surface area (Å²) in [5.41, 5.74) is 5.79. The number of guanidine groups is 1. The number of hydrogen-bond acceptors (Lipinski definition) is 3. The lowest BCUT2D eigenvalue weighted by Gasteiger charge is -2.10. The van der Waals surface area contributed by atoms with Crippen LogP contribution in [0.5, 0.6) is 0 Å². The van der Waals surface area contributed by atoms with Crippen LogP contribution >= 0.6 is 27.3 Å².